The molecule has 3 rings (SSSR count). The van der Waals surface area contributed by atoms with Crippen LogP contribution in [0.5, 0.6) is 5.75 Å². The number of furan rings is 1. The molecule has 0 aliphatic carbocycles. The molecule has 0 saturated carbocycles. The molecule has 0 unspecified atom stereocenters. The van der Waals surface area contributed by atoms with E-state index in [2.05, 4.69) is 10.3 Å². The molecule has 1 aromatic carbocycles. The molecule has 2 aromatic heterocycles. The summed E-state index contributed by atoms with van der Waals surface area (Å²) >= 11 is 0. The van der Waals surface area contributed by atoms with Crippen LogP contribution in [-0.2, 0) is 6.54 Å². The Bertz CT molecular complexity index is 766. The summed E-state index contributed by atoms with van der Waals surface area (Å²) in [5.41, 5.74) is 1.36. The second-order valence-corrected chi connectivity index (χ2v) is 4.49. The molecule has 106 valence electrons. The van der Waals surface area contributed by atoms with Crippen molar-refractivity contribution in [2.75, 3.05) is 7.11 Å². The Morgan fingerprint density at radius 1 is 1.29 bits per heavy atom. The number of hydrogen-bond acceptors (Lipinski definition) is 4. The highest BCUT2D eigenvalue weighted by Gasteiger charge is 2.14. The van der Waals surface area contributed by atoms with Gasteiger partial charge < -0.3 is 14.5 Å². The number of amides is 1. The van der Waals surface area contributed by atoms with Gasteiger partial charge in [-0.25, -0.2) is 0 Å². The number of para-hydroxylation sites is 1. The van der Waals surface area contributed by atoms with Crippen molar-refractivity contribution >= 4 is 16.9 Å². The van der Waals surface area contributed by atoms with Crippen molar-refractivity contribution in [1.82, 2.24) is 10.3 Å². The van der Waals surface area contributed by atoms with Gasteiger partial charge in [-0.05, 0) is 24.3 Å². The maximum absolute atomic E-state index is 12.1. The van der Waals surface area contributed by atoms with Crippen molar-refractivity contribution < 1.29 is 13.9 Å². The number of pyridine rings is 1. The van der Waals surface area contributed by atoms with Gasteiger partial charge in [0.2, 0.25) is 0 Å². The summed E-state index contributed by atoms with van der Waals surface area (Å²) in [5, 5.41) is 3.61. The third-order valence-corrected chi connectivity index (χ3v) is 3.11. The Labute approximate surface area is 121 Å². The van der Waals surface area contributed by atoms with E-state index in [0.717, 1.165) is 11.1 Å². The molecular formula is C16H14N2O3. The lowest BCUT2D eigenvalue weighted by Crippen LogP contribution is -2.22. The second-order valence-electron chi connectivity index (χ2n) is 4.49. The maximum atomic E-state index is 12.1. The monoisotopic (exact) mass is 282 g/mol. The predicted molar refractivity (Wildman–Crippen MR) is 78.2 cm³/mol. The average Bonchev–Trinajstić information content (AvgIpc) is 2.97. The van der Waals surface area contributed by atoms with Crippen molar-refractivity contribution in [3.63, 3.8) is 0 Å². The number of nitrogens with zero attached hydrogens (tertiary/aromatic N) is 1. The van der Waals surface area contributed by atoms with Crippen LogP contribution in [-0.4, -0.2) is 18.0 Å². The van der Waals surface area contributed by atoms with Gasteiger partial charge in [-0.2, -0.15) is 0 Å². The Hall–Kier alpha value is -2.82. The number of nitrogens with one attached hydrogen (secondary N) is 1. The number of aromatic nitrogens is 1. The molecule has 5 heteroatoms. The number of carbonyl (C=O) groups excluding carboxylic acids is 1. The van der Waals surface area contributed by atoms with Gasteiger partial charge in [0.05, 0.1) is 19.3 Å². The molecule has 2 heterocycles. The molecule has 0 spiro atoms. The summed E-state index contributed by atoms with van der Waals surface area (Å²) in [6, 6.07) is 12.8. The summed E-state index contributed by atoms with van der Waals surface area (Å²) < 4.78 is 10.8. The van der Waals surface area contributed by atoms with E-state index in [1.54, 1.807) is 25.4 Å². The maximum Gasteiger partial charge on any atom is 0.287 e. The predicted octanol–water partition coefficient (Wildman–Crippen LogP) is 2.77. The molecule has 0 radical (unpaired) electrons. The van der Waals surface area contributed by atoms with Crippen LogP contribution >= 0.6 is 0 Å². The van der Waals surface area contributed by atoms with Crippen LogP contribution in [0.4, 0.5) is 0 Å². The first-order valence-corrected chi connectivity index (χ1v) is 6.52. The number of carbonyl (C=O) groups is 1. The lowest BCUT2D eigenvalue weighted by Gasteiger charge is -2.02. The van der Waals surface area contributed by atoms with Crippen LogP contribution in [0, 0.1) is 0 Å². The first-order chi connectivity index (χ1) is 10.3. The number of ether oxygens (including phenoxy) is 1. The standard InChI is InChI=1S/C16H14N2O3/c1-20-13-7-4-5-11-9-14(21-15(11)13)16(19)18-10-12-6-2-3-8-17-12/h2-9H,10H2,1H3,(H,18,19). The van der Waals surface area contributed by atoms with E-state index >= 15 is 0 Å². The fraction of sp³-hybridized carbons (Fsp3) is 0.125. The Kier molecular flexibility index (Phi) is 3.55. The Balaban J connectivity index is 1.79. The molecule has 1 amide bonds. The van der Waals surface area contributed by atoms with Gasteiger partial charge in [0.25, 0.3) is 5.91 Å². The Morgan fingerprint density at radius 3 is 2.95 bits per heavy atom. The molecule has 0 saturated heterocycles. The Morgan fingerprint density at radius 2 is 2.19 bits per heavy atom. The molecule has 5 nitrogen and oxygen atoms in total. The highest BCUT2D eigenvalue weighted by Crippen LogP contribution is 2.28. The largest absolute Gasteiger partial charge is 0.493 e. The van der Waals surface area contributed by atoms with Crippen LogP contribution in [0.15, 0.2) is 53.1 Å². The third-order valence-electron chi connectivity index (χ3n) is 3.11. The van der Waals surface area contributed by atoms with Crippen LogP contribution < -0.4 is 10.1 Å². The van der Waals surface area contributed by atoms with Crippen molar-refractivity contribution in [1.29, 1.82) is 0 Å². The summed E-state index contributed by atoms with van der Waals surface area (Å²) in [6.07, 6.45) is 1.69. The summed E-state index contributed by atoms with van der Waals surface area (Å²) in [5.74, 6) is 0.584. The highest BCUT2D eigenvalue weighted by atomic mass is 16.5. The second kappa shape index (κ2) is 5.66. The number of fused-ring (bicyclic) bond motifs is 1. The smallest absolute Gasteiger partial charge is 0.287 e. The molecule has 0 aliphatic heterocycles. The topological polar surface area (TPSA) is 64.4 Å². The lowest BCUT2D eigenvalue weighted by molar-refractivity contribution is 0.0924. The van der Waals surface area contributed by atoms with Gasteiger partial charge in [0, 0.05) is 11.6 Å². The minimum absolute atomic E-state index is 0.255. The minimum atomic E-state index is -0.279. The van der Waals surface area contributed by atoms with Crippen LogP contribution in [0.1, 0.15) is 16.2 Å². The number of benzene rings is 1. The van der Waals surface area contributed by atoms with Crippen LogP contribution in [0.25, 0.3) is 11.0 Å². The summed E-state index contributed by atoms with van der Waals surface area (Å²) in [7, 11) is 1.57. The van der Waals surface area contributed by atoms with Gasteiger partial charge in [-0.3, -0.25) is 9.78 Å². The van der Waals surface area contributed by atoms with E-state index in [-0.39, 0.29) is 11.7 Å². The molecular weight excluding hydrogens is 268 g/mol. The van der Waals surface area contributed by atoms with Crippen molar-refractivity contribution in [3.05, 3.63) is 60.1 Å². The summed E-state index contributed by atoms with van der Waals surface area (Å²) in [4.78, 5) is 16.3. The van der Waals surface area contributed by atoms with Gasteiger partial charge >= 0.3 is 0 Å². The quantitative estimate of drug-likeness (QED) is 0.799. The molecule has 3 aromatic rings. The lowest BCUT2D eigenvalue weighted by atomic mass is 10.2. The fourth-order valence-electron chi connectivity index (χ4n) is 2.07. The first kappa shape index (κ1) is 13.2. The molecule has 0 fully saturated rings. The molecule has 0 bridgehead atoms. The fourth-order valence-corrected chi connectivity index (χ4v) is 2.07. The van der Waals surface area contributed by atoms with Crippen LogP contribution in [0.3, 0.4) is 0 Å². The van der Waals surface area contributed by atoms with Gasteiger partial charge in [0.15, 0.2) is 17.1 Å². The molecule has 21 heavy (non-hydrogen) atoms. The van der Waals surface area contributed by atoms with E-state index < -0.39 is 0 Å². The zero-order chi connectivity index (χ0) is 14.7. The first-order valence-electron chi connectivity index (χ1n) is 6.52. The zero-order valence-corrected chi connectivity index (χ0v) is 11.5. The highest BCUT2D eigenvalue weighted by molar-refractivity contribution is 5.97. The third kappa shape index (κ3) is 2.72. The van der Waals surface area contributed by atoms with Crippen molar-refractivity contribution in [2.45, 2.75) is 6.54 Å². The van der Waals surface area contributed by atoms with Gasteiger partial charge in [0.1, 0.15) is 0 Å². The van der Waals surface area contributed by atoms with Gasteiger partial charge in [-0.1, -0.05) is 18.2 Å². The van der Waals surface area contributed by atoms with Crippen molar-refractivity contribution in [3.8, 4) is 5.75 Å². The van der Waals surface area contributed by atoms with E-state index in [9.17, 15) is 4.79 Å². The summed E-state index contributed by atoms with van der Waals surface area (Å²) in [6.45, 7) is 0.355. The van der Waals surface area contributed by atoms with Crippen LogP contribution in [0.2, 0.25) is 0 Å². The zero-order valence-electron chi connectivity index (χ0n) is 11.5. The normalized spacial score (nSPS) is 10.5. The molecule has 0 atom stereocenters. The van der Waals surface area contributed by atoms with E-state index in [1.165, 1.54) is 0 Å². The molecule has 0 aliphatic rings. The number of rotatable bonds is 4. The van der Waals surface area contributed by atoms with Gasteiger partial charge in [-0.15, -0.1) is 0 Å². The van der Waals surface area contributed by atoms with E-state index in [0.29, 0.717) is 17.9 Å². The molecule has 1 N–H and O–H groups in total. The number of hydrogen-bond donors (Lipinski definition) is 1. The minimum Gasteiger partial charge on any atom is -0.493 e. The van der Waals surface area contributed by atoms with E-state index in [1.807, 2.05) is 30.3 Å². The average molecular weight is 282 g/mol. The number of methoxy groups -OCH3 is 1. The van der Waals surface area contributed by atoms with Crippen molar-refractivity contribution in [2.24, 2.45) is 0 Å². The van der Waals surface area contributed by atoms with E-state index in [4.69, 9.17) is 9.15 Å². The SMILES string of the molecule is COc1cccc2cc(C(=O)NCc3ccccn3)oc12.